The number of carbonyl (C=O) groups is 1. The molecule has 1 heterocycles. The van der Waals surface area contributed by atoms with E-state index >= 15 is 0 Å². The average molecular weight is 461 g/mol. The van der Waals surface area contributed by atoms with E-state index < -0.39 is 6.10 Å². The minimum Gasteiger partial charge on any atom is -0.391 e. The molecule has 0 bridgehead atoms. The highest BCUT2D eigenvalue weighted by Crippen LogP contribution is 2.23. The number of benzene rings is 2. The molecule has 0 aliphatic carbocycles. The number of anilines is 3. The maximum Gasteiger partial charge on any atom is 0.319 e. The van der Waals surface area contributed by atoms with Crippen LogP contribution in [-0.4, -0.2) is 49.5 Å². The number of aliphatic hydroxyl groups excluding tert-OH is 1. The van der Waals surface area contributed by atoms with Crippen molar-refractivity contribution in [3.05, 3.63) is 53.0 Å². The van der Waals surface area contributed by atoms with Gasteiger partial charge in [0.05, 0.1) is 12.1 Å². The smallest absolute Gasteiger partial charge is 0.319 e. The fourth-order valence-corrected chi connectivity index (χ4v) is 3.79. The summed E-state index contributed by atoms with van der Waals surface area (Å²) in [6.45, 7) is 7.47. The number of halogens is 1. The molecule has 2 atom stereocenters. The van der Waals surface area contributed by atoms with Crippen LogP contribution < -0.4 is 20.4 Å². The van der Waals surface area contributed by atoms with Gasteiger partial charge in [-0.2, -0.15) is 0 Å². The molecule has 1 saturated heterocycles. The van der Waals surface area contributed by atoms with Crippen molar-refractivity contribution >= 4 is 39.0 Å². The summed E-state index contributed by atoms with van der Waals surface area (Å²) in [6.07, 6.45) is 0.0974. The fourth-order valence-electron chi connectivity index (χ4n) is 3.53. The molecule has 7 heteroatoms. The Bertz CT molecular complexity index is 787. The van der Waals surface area contributed by atoms with Crippen LogP contribution in [0.1, 0.15) is 20.3 Å². The van der Waals surface area contributed by atoms with Gasteiger partial charge < -0.3 is 25.5 Å². The number of nitrogens with one attached hydrogen (secondary N) is 2. The van der Waals surface area contributed by atoms with Crippen molar-refractivity contribution in [2.75, 3.05) is 41.3 Å². The monoisotopic (exact) mass is 460 g/mol. The number of amides is 2. The first kappa shape index (κ1) is 21.5. The Morgan fingerprint density at radius 1 is 1.00 bits per heavy atom. The predicted octanol–water partition coefficient (Wildman–Crippen LogP) is 4.06. The lowest BCUT2D eigenvalue weighted by Gasteiger charge is -2.37. The second-order valence-electron chi connectivity index (χ2n) is 7.35. The standard InChI is InChI=1S/C22H29BrN4O2/c1-3-21(16(2)28)25-22(29)24-18-6-10-20(11-7-18)27-14-12-26(13-15-27)19-8-4-17(23)5-9-19/h4-11,16,21,28H,3,12-15H2,1-2H3,(H2,24,25,29)/t16-,21-/m0/s1. The summed E-state index contributed by atoms with van der Waals surface area (Å²) in [4.78, 5) is 16.9. The summed E-state index contributed by atoms with van der Waals surface area (Å²) < 4.78 is 1.10. The van der Waals surface area contributed by atoms with E-state index in [4.69, 9.17) is 0 Å². The minimum atomic E-state index is -0.579. The first-order valence-electron chi connectivity index (χ1n) is 10.1. The third-order valence-corrected chi connectivity index (χ3v) is 5.83. The molecule has 0 radical (unpaired) electrons. The van der Waals surface area contributed by atoms with Crippen LogP contribution >= 0.6 is 15.9 Å². The lowest BCUT2D eigenvalue weighted by molar-refractivity contribution is 0.145. The lowest BCUT2D eigenvalue weighted by Crippen LogP contribution is -2.46. The molecule has 2 aromatic rings. The van der Waals surface area contributed by atoms with Crippen molar-refractivity contribution in [1.82, 2.24) is 5.32 Å². The molecule has 0 unspecified atom stereocenters. The molecule has 1 fully saturated rings. The summed E-state index contributed by atoms with van der Waals surface area (Å²) in [5.74, 6) is 0. The lowest BCUT2D eigenvalue weighted by atomic mass is 10.1. The van der Waals surface area contributed by atoms with E-state index in [1.165, 1.54) is 5.69 Å². The number of urea groups is 1. The Hall–Kier alpha value is -2.25. The Morgan fingerprint density at radius 2 is 1.48 bits per heavy atom. The molecule has 0 saturated carbocycles. The van der Waals surface area contributed by atoms with Crippen LogP contribution in [-0.2, 0) is 0 Å². The summed E-state index contributed by atoms with van der Waals surface area (Å²) >= 11 is 3.48. The molecule has 3 rings (SSSR count). The molecule has 0 spiro atoms. The number of nitrogens with zero attached hydrogens (tertiary/aromatic N) is 2. The summed E-state index contributed by atoms with van der Waals surface area (Å²) in [6, 6.07) is 15.8. The van der Waals surface area contributed by atoms with Crippen LogP contribution in [0.25, 0.3) is 0 Å². The normalized spacial score (nSPS) is 16.3. The van der Waals surface area contributed by atoms with Crippen LogP contribution in [0.3, 0.4) is 0 Å². The molecule has 3 N–H and O–H groups in total. The maximum atomic E-state index is 12.1. The molecule has 0 aromatic heterocycles. The quantitative estimate of drug-likeness (QED) is 0.607. The number of aliphatic hydroxyl groups is 1. The van der Waals surface area contributed by atoms with Gasteiger partial charge in [0.25, 0.3) is 0 Å². The average Bonchev–Trinajstić information content (AvgIpc) is 2.73. The zero-order chi connectivity index (χ0) is 20.8. The van der Waals surface area contributed by atoms with Gasteiger partial charge in [0.1, 0.15) is 0 Å². The molecule has 156 valence electrons. The first-order valence-corrected chi connectivity index (χ1v) is 10.9. The highest BCUT2D eigenvalue weighted by molar-refractivity contribution is 9.10. The second-order valence-corrected chi connectivity index (χ2v) is 8.27. The predicted molar refractivity (Wildman–Crippen MR) is 123 cm³/mol. The first-order chi connectivity index (χ1) is 14.0. The van der Waals surface area contributed by atoms with E-state index in [1.54, 1.807) is 6.92 Å². The number of piperazine rings is 1. The van der Waals surface area contributed by atoms with Gasteiger partial charge in [-0.25, -0.2) is 4.79 Å². The molecular weight excluding hydrogens is 432 g/mol. The molecule has 6 nitrogen and oxygen atoms in total. The molecular formula is C22H29BrN4O2. The van der Waals surface area contributed by atoms with E-state index in [1.807, 2.05) is 31.2 Å². The van der Waals surface area contributed by atoms with E-state index in [-0.39, 0.29) is 12.1 Å². The number of hydrogen-bond acceptors (Lipinski definition) is 4. The van der Waals surface area contributed by atoms with Gasteiger partial charge >= 0.3 is 6.03 Å². The molecule has 29 heavy (non-hydrogen) atoms. The molecule has 1 aliphatic heterocycles. The van der Waals surface area contributed by atoms with Crippen LogP contribution in [0.5, 0.6) is 0 Å². The Kier molecular flexibility index (Phi) is 7.39. The Balaban J connectivity index is 1.51. The van der Waals surface area contributed by atoms with E-state index in [2.05, 4.69) is 60.6 Å². The van der Waals surface area contributed by atoms with Crippen molar-refractivity contribution in [2.45, 2.75) is 32.4 Å². The van der Waals surface area contributed by atoms with E-state index in [0.29, 0.717) is 6.42 Å². The highest BCUT2D eigenvalue weighted by atomic mass is 79.9. The third kappa shape index (κ3) is 5.87. The topological polar surface area (TPSA) is 67.8 Å². The Labute approximate surface area is 181 Å². The van der Waals surface area contributed by atoms with Gasteiger partial charge in [0.15, 0.2) is 0 Å². The highest BCUT2D eigenvalue weighted by Gasteiger charge is 2.18. The van der Waals surface area contributed by atoms with Crippen LogP contribution in [0.2, 0.25) is 0 Å². The van der Waals surface area contributed by atoms with Gasteiger partial charge in [-0.3, -0.25) is 0 Å². The zero-order valence-corrected chi connectivity index (χ0v) is 18.5. The summed E-state index contributed by atoms with van der Waals surface area (Å²) in [5, 5.41) is 15.3. The van der Waals surface area contributed by atoms with Crippen LogP contribution in [0, 0.1) is 0 Å². The van der Waals surface area contributed by atoms with Crippen molar-refractivity contribution in [3.63, 3.8) is 0 Å². The van der Waals surface area contributed by atoms with Gasteiger partial charge in [0.2, 0.25) is 0 Å². The van der Waals surface area contributed by atoms with Gasteiger partial charge in [-0.05, 0) is 61.9 Å². The number of hydrogen-bond donors (Lipinski definition) is 3. The zero-order valence-electron chi connectivity index (χ0n) is 16.9. The van der Waals surface area contributed by atoms with Crippen molar-refractivity contribution in [2.24, 2.45) is 0 Å². The molecule has 2 aromatic carbocycles. The molecule has 2 amide bonds. The maximum absolute atomic E-state index is 12.1. The summed E-state index contributed by atoms with van der Waals surface area (Å²) in [5.41, 5.74) is 3.14. The van der Waals surface area contributed by atoms with Crippen LogP contribution in [0.4, 0.5) is 21.9 Å². The van der Waals surface area contributed by atoms with Crippen molar-refractivity contribution in [3.8, 4) is 0 Å². The van der Waals surface area contributed by atoms with Gasteiger partial charge in [-0.1, -0.05) is 22.9 Å². The fraction of sp³-hybridized carbons (Fsp3) is 0.409. The largest absolute Gasteiger partial charge is 0.391 e. The third-order valence-electron chi connectivity index (χ3n) is 5.30. The SMILES string of the molecule is CC[C@H](NC(=O)Nc1ccc(N2CCN(c3ccc(Br)cc3)CC2)cc1)[C@H](C)O. The second kappa shape index (κ2) is 9.98. The minimum absolute atomic E-state index is 0.253. The van der Waals surface area contributed by atoms with Crippen molar-refractivity contribution < 1.29 is 9.90 Å². The number of carbonyl (C=O) groups excluding carboxylic acids is 1. The Morgan fingerprint density at radius 3 is 1.93 bits per heavy atom. The summed E-state index contributed by atoms with van der Waals surface area (Å²) in [7, 11) is 0. The van der Waals surface area contributed by atoms with Gasteiger partial charge in [0, 0.05) is 47.7 Å². The van der Waals surface area contributed by atoms with Crippen molar-refractivity contribution in [1.29, 1.82) is 0 Å². The van der Waals surface area contributed by atoms with Crippen LogP contribution in [0.15, 0.2) is 53.0 Å². The van der Waals surface area contributed by atoms with E-state index in [9.17, 15) is 9.90 Å². The van der Waals surface area contributed by atoms with Gasteiger partial charge in [-0.15, -0.1) is 0 Å². The number of rotatable bonds is 6. The molecule has 1 aliphatic rings. The van der Waals surface area contributed by atoms with E-state index in [0.717, 1.165) is 42.0 Å².